The van der Waals surface area contributed by atoms with Gasteiger partial charge in [-0.15, -0.1) is 11.6 Å². The van der Waals surface area contributed by atoms with Crippen molar-refractivity contribution in [3.05, 3.63) is 34.9 Å². The van der Waals surface area contributed by atoms with E-state index in [0.29, 0.717) is 11.1 Å². The highest BCUT2D eigenvalue weighted by molar-refractivity contribution is 6.17. The van der Waals surface area contributed by atoms with Crippen LogP contribution in [0.5, 0.6) is 0 Å². The maximum Gasteiger partial charge on any atom is 0.336 e. The van der Waals surface area contributed by atoms with Crippen molar-refractivity contribution >= 4 is 17.6 Å². The first-order valence-corrected chi connectivity index (χ1v) is 4.04. The molecule has 0 unspecified atom stereocenters. The summed E-state index contributed by atoms with van der Waals surface area (Å²) in [5.41, 5.74) is 0.938. The van der Waals surface area contributed by atoms with Crippen molar-refractivity contribution in [2.45, 2.75) is 5.88 Å². The molecule has 4 heteroatoms. The van der Waals surface area contributed by atoms with Crippen LogP contribution >= 0.6 is 11.6 Å². The quantitative estimate of drug-likeness (QED) is 0.735. The molecule has 0 atom stereocenters. The minimum Gasteiger partial charge on any atom is -0.478 e. The summed E-state index contributed by atoms with van der Waals surface area (Å²) in [7, 11) is 0. The van der Waals surface area contributed by atoms with Gasteiger partial charge < -0.3 is 5.11 Å². The van der Waals surface area contributed by atoms with E-state index >= 15 is 0 Å². The summed E-state index contributed by atoms with van der Waals surface area (Å²) in [6.07, 6.45) is 0. The molecule has 3 nitrogen and oxygen atoms in total. The minimum absolute atomic E-state index is 0.0917. The fourth-order valence-corrected chi connectivity index (χ4v) is 1.19. The Kier molecular flexibility index (Phi) is 2.88. The van der Waals surface area contributed by atoms with Gasteiger partial charge in [0, 0.05) is 5.88 Å². The summed E-state index contributed by atoms with van der Waals surface area (Å²) in [6.45, 7) is 0. The molecule has 1 aromatic carbocycles. The first-order chi connectivity index (χ1) is 6.19. The van der Waals surface area contributed by atoms with Crippen LogP contribution in [0.15, 0.2) is 18.2 Å². The summed E-state index contributed by atoms with van der Waals surface area (Å²) in [5.74, 6) is -0.930. The zero-order chi connectivity index (χ0) is 9.84. The third kappa shape index (κ3) is 1.98. The third-order valence-electron chi connectivity index (χ3n) is 1.61. The normalized spacial score (nSPS) is 9.23. The fourth-order valence-electron chi connectivity index (χ4n) is 0.962. The number of alkyl halides is 1. The second kappa shape index (κ2) is 3.92. The summed E-state index contributed by atoms with van der Waals surface area (Å²) in [5, 5.41) is 17.3. The molecule has 0 aliphatic rings. The molecule has 1 N–H and O–H groups in total. The zero-order valence-electron chi connectivity index (χ0n) is 6.62. The first-order valence-electron chi connectivity index (χ1n) is 3.51. The van der Waals surface area contributed by atoms with E-state index in [4.69, 9.17) is 22.0 Å². The molecule has 0 spiro atoms. The second-order valence-corrected chi connectivity index (χ2v) is 2.69. The van der Waals surface area contributed by atoms with Gasteiger partial charge in [-0.25, -0.2) is 4.79 Å². The molecule has 1 aromatic rings. The predicted molar refractivity (Wildman–Crippen MR) is 47.7 cm³/mol. The van der Waals surface area contributed by atoms with Gasteiger partial charge in [-0.05, 0) is 17.7 Å². The predicted octanol–water partition coefficient (Wildman–Crippen LogP) is 2.00. The Morgan fingerprint density at radius 2 is 2.31 bits per heavy atom. The van der Waals surface area contributed by atoms with Crippen molar-refractivity contribution in [3.8, 4) is 6.07 Å². The molecule has 66 valence electrons. The van der Waals surface area contributed by atoms with Gasteiger partial charge in [0.1, 0.15) is 0 Å². The minimum atomic E-state index is -1.06. The summed E-state index contributed by atoms with van der Waals surface area (Å²) in [6, 6.07) is 6.28. The Hall–Kier alpha value is -1.53. The highest BCUT2D eigenvalue weighted by Gasteiger charge is 2.09. The Bertz CT molecular complexity index is 382. The molecule has 0 radical (unpaired) electrons. The average Bonchev–Trinajstić information content (AvgIpc) is 2.16. The SMILES string of the molecule is N#Cc1ccc(CCl)c(C(=O)O)c1. The third-order valence-corrected chi connectivity index (χ3v) is 1.90. The highest BCUT2D eigenvalue weighted by Crippen LogP contribution is 2.13. The molecule has 13 heavy (non-hydrogen) atoms. The van der Waals surface area contributed by atoms with Crippen molar-refractivity contribution < 1.29 is 9.90 Å². The average molecular weight is 196 g/mol. The van der Waals surface area contributed by atoms with Gasteiger partial charge in [-0.2, -0.15) is 5.26 Å². The largest absolute Gasteiger partial charge is 0.478 e. The van der Waals surface area contributed by atoms with Crippen LogP contribution in [0.25, 0.3) is 0 Å². The number of rotatable bonds is 2. The molecule has 0 saturated carbocycles. The molecule has 0 aliphatic carbocycles. The van der Waals surface area contributed by atoms with Crippen LogP contribution in [-0.4, -0.2) is 11.1 Å². The summed E-state index contributed by atoms with van der Waals surface area (Å²) in [4.78, 5) is 10.7. The molecule has 0 aromatic heterocycles. The van der Waals surface area contributed by atoms with Crippen LogP contribution in [0.3, 0.4) is 0 Å². The van der Waals surface area contributed by atoms with Gasteiger partial charge in [0.2, 0.25) is 0 Å². The van der Waals surface area contributed by atoms with Crippen LogP contribution in [0, 0.1) is 11.3 Å². The standard InChI is InChI=1S/C9H6ClNO2/c10-4-7-2-1-6(5-11)3-8(7)9(12)13/h1-3H,4H2,(H,12,13). The number of carbonyl (C=O) groups is 1. The van der Waals surface area contributed by atoms with E-state index in [1.54, 1.807) is 12.1 Å². The zero-order valence-corrected chi connectivity index (χ0v) is 7.38. The maximum absolute atomic E-state index is 10.7. The Morgan fingerprint density at radius 3 is 2.77 bits per heavy atom. The van der Waals surface area contributed by atoms with E-state index in [-0.39, 0.29) is 11.4 Å². The van der Waals surface area contributed by atoms with Crippen LogP contribution in [0.4, 0.5) is 0 Å². The monoisotopic (exact) mass is 195 g/mol. The fraction of sp³-hybridized carbons (Fsp3) is 0.111. The molecule has 0 bridgehead atoms. The van der Waals surface area contributed by atoms with Crippen molar-refractivity contribution in [1.82, 2.24) is 0 Å². The number of halogens is 1. The molecule has 0 aliphatic heterocycles. The van der Waals surface area contributed by atoms with Crippen molar-refractivity contribution in [3.63, 3.8) is 0 Å². The van der Waals surface area contributed by atoms with E-state index in [9.17, 15) is 4.79 Å². The number of hydrogen-bond donors (Lipinski definition) is 1. The number of carboxylic acid groups (broad SMARTS) is 1. The van der Waals surface area contributed by atoms with E-state index in [1.807, 2.05) is 6.07 Å². The van der Waals surface area contributed by atoms with Crippen LogP contribution in [-0.2, 0) is 5.88 Å². The van der Waals surface area contributed by atoms with Gasteiger partial charge in [-0.3, -0.25) is 0 Å². The topological polar surface area (TPSA) is 61.1 Å². The maximum atomic E-state index is 10.7. The lowest BCUT2D eigenvalue weighted by atomic mass is 10.1. The highest BCUT2D eigenvalue weighted by atomic mass is 35.5. The number of carboxylic acids is 1. The Balaban J connectivity index is 3.28. The number of nitrogens with zero attached hydrogens (tertiary/aromatic N) is 1. The summed E-state index contributed by atoms with van der Waals surface area (Å²) < 4.78 is 0. The van der Waals surface area contributed by atoms with E-state index in [0.717, 1.165) is 0 Å². The first kappa shape index (κ1) is 9.56. The smallest absolute Gasteiger partial charge is 0.336 e. The van der Waals surface area contributed by atoms with Crippen molar-refractivity contribution in [2.24, 2.45) is 0 Å². The van der Waals surface area contributed by atoms with Crippen molar-refractivity contribution in [1.29, 1.82) is 5.26 Å². The lowest BCUT2D eigenvalue weighted by molar-refractivity contribution is 0.0696. The lowest BCUT2D eigenvalue weighted by Gasteiger charge is -2.01. The number of aromatic carboxylic acids is 1. The van der Waals surface area contributed by atoms with E-state index < -0.39 is 5.97 Å². The van der Waals surface area contributed by atoms with Gasteiger partial charge in [0.15, 0.2) is 0 Å². The van der Waals surface area contributed by atoms with E-state index in [1.165, 1.54) is 6.07 Å². The van der Waals surface area contributed by atoms with Gasteiger partial charge >= 0.3 is 5.97 Å². The van der Waals surface area contributed by atoms with Crippen molar-refractivity contribution in [2.75, 3.05) is 0 Å². The number of benzene rings is 1. The molecule has 0 amide bonds. The second-order valence-electron chi connectivity index (χ2n) is 2.42. The molecule has 0 fully saturated rings. The summed E-state index contributed by atoms with van der Waals surface area (Å²) >= 11 is 5.53. The van der Waals surface area contributed by atoms with Gasteiger partial charge in [0.25, 0.3) is 0 Å². The van der Waals surface area contributed by atoms with Gasteiger partial charge in [0.05, 0.1) is 17.2 Å². The Morgan fingerprint density at radius 1 is 1.62 bits per heavy atom. The molecular formula is C9H6ClNO2. The molecular weight excluding hydrogens is 190 g/mol. The molecule has 0 saturated heterocycles. The molecule has 0 heterocycles. The number of nitriles is 1. The van der Waals surface area contributed by atoms with Crippen LogP contribution in [0.2, 0.25) is 0 Å². The van der Waals surface area contributed by atoms with Gasteiger partial charge in [-0.1, -0.05) is 6.07 Å². The lowest BCUT2D eigenvalue weighted by Crippen LogP contribution is -2.01. The van der Waals surface area contributed by atoms with Crippen LogP contribution in [0.1, 0.15) is 21.5 Å². The van der Waals surface area contributed by atoms with Crippen LogP contribution < -0.4 is 0 Å². The molecule has 1 rings (SSSR count). The Labute approximate surface area is 80.2 Å². The number of hydrogen-bond acceptors (Lipinski definition) is 2. The van der Waals surface area contributed by atoms with E-state index in [2.05, 4.69) is 0 Å².